The van der Waals surface area contributed by atoms with Crippen LogP contribution in [0.1, 0.15) is 66.4 Å². The van der Waals surface area contributed by atoms with E-state index in [9.17, 15) is 23.1 Å². The average molecular weight is 554 g/mol. The van der Waals surface area contributed by atoms with Crippen molar-refractivity contribution in [3.8, 4) is 0 Å². The van der Waals surface area contributed by atoms with Crippen molar-refractivity contribution >= 4 is 45.1 Å². The van der Waals surface area contributed by atoms with Crippen LogP contribution >= 0.6 is 23.2 Å². The van der Waals surface area contributed by atoms with Crippen molar-refractivity contribution in [1.82, 2.24) is 9.21 Å². The zero-order valence-corrected chi connectivity index (χ0v) is 22.8. The Balaban J connectivity index is 2.06. The Morgan fingerprint density at radius 2 is 1.83 bits per heavy atom. The van der Waals surface area contributed by atoms with Crippen LogP contribution in [0.15, 0.2) is 42.5 Å². The fourth-order valence-electron chi connectivity index (χ4n) is 6.19. The lowest BCUT2D eigenvalue weighted by molar-refractivity contribution is -0.144. The lowest BCUT2D eigenvalue weighted by Gasteiger charge is -2.57. The molecule has 1 saturated carbocycles. The van der Waals surface area contributed by atoms with E-state index in [1.54, 1.807) is 47.4 Å². The molecule has 0 saturated heterocycles. The monoisotopic (exact) mass is 552 g/mol. The highest BCUT2D eigenvalue weighted by Crippen LogP contribution is 2.54. The molecule has 0 bridgehead atoms. The van der Waals surface area contributed by atoms with Gasteiger partial charge in [0.25, 0.3) is 5.91 Å². The summed E-state index contributed by atoms with van der Waals surface area (Å²) >= 11 is 12.9. The second-order valence-electron chi connectivity index (χ2n) is 9.63. The van der Waals surface area contributed by atoms with Gasteiger partial charge in [0, 0.05) is 34.7 Å². The molecular formula is C26H30Cl2N2O5S. The molecule has 0 aromatic heterocycles. The third-order valence-electron chi connectivity index (χ3n) is 7.83. The van der Waals surface area contributed by atoms with E-state index in [1.165, 1.54) is 11.4 Å². The molecule has 0 radical (unpaired) electrons. The molecule has 1 fully saturated rings. The van der Waals surface area contributed by atoms with Gasteiger partial charge in [0.1, 0.15) is 5.92 Å². The Morgan fingerprint density at radius 3 is 2.44 bits per heavy atom. The molecule has 2 aliphatic rings. The van der Waals surface area contributed by atoms with E-state index in [0.29, 0.717) is 34.6 Å². The first-order chi connectivity index (χ1) is 16.9. The molecule has 1 amide bonds. The van der Waals surface area contributed by atoms with E-state index < -0.39 is 39.5 Å². The Labute approximate surface area is 222 Å². The van der Waals surface area contributed by atoms with Crippen LogP contribution in [0.25, 0.3) is 0 Å². The van der Waals surface area contributed by atoms with Crippen molar-refractivity contribution in [2.75, 3.05) is 13.3 Å². The largest absolute Gasteiger partial charge is 0.481 e. The number of rotatable bonds is 6. The lowest BCUT2D eigenvalue weighted by atomic mass is 9.66. The van der Waals surface area contributed by atoms with E-state index in [4.69, 9.17) is 23.2 Å². The molecular weight excluding hydrogens is 523 g/mol. The fraction of sp³-hybridized carbons (Fsp3) is 0.462. The Bertz CT molecular complexity index is 1300. The molecule has 2 aromatic carbocycles. The first kappa shape index (κ1) is 26.9. The highest BCUT2D eigenvalue weighted by molar-refractivity contribution is 7.88. The van der Waals surface area contributed by atoms with Crippen LogP contribution in [0.5, 0.6) is 0 Å². The number of aliphatic carboxylic acids is 1. The van der Waals surface area contributed by atoms with Gasteiger partial charge in [-0.1, -0.05) is 67.2 Å². The first-order valence-corrected chi connectivity index (χ1v) is 14.6. The van der Waals surface area contributed by atoms with Crippen LogP contribution < -0.4 is 0 Å². The summed E-state index contributed by atoms with van der Waals surface area (Å²) in [6.45, 7) is 1.84. The van der Waals surface area contributed by atoms with Crippen LogP contribution in [-0.2, 0) is 20.4 Å². The molecule has 4 atom stereocenters. The molecule has 194 valence electrons. The van der Waals surface area contributed by atoms with Crippen LogP contribution in [-0.4, -0.2) is 60.0 Å². The zero-order valence-electron chi connectivity index (χ0n) is 20.4. The van der Waals surface area contributed by atoms with Crippen molar-refractivity contribution in [3.05, 3.63) is 69.2 Å². The number of fused-ring (bicyclic) bond motifs is 1. The van der Waals surface area contributed by atoms with Crippen LogP contribution in [0.4, 0.5) is 0 Å². The lowest BCUT2D eigenvalue weighted by Crippen LogP contribution is -2.66. The average Bonchev–Trinajstić information content (AvgIpc) is 2.82. The molecule has 4 rings (SSSR count). The van der Waals surface area contributed by atoms with Crippen molar-refractivity contribution in [3.63, 3.8) is 0 Å². The molecule has 1 N–H and O–H groups in total. The quantitative estimate of drug-likeness (QED) is 0.536. The van der Waals surface area contributed by atoms with Crippen molar-refractivity contribution < 1.29 is 23.1 Å². The molecule has 36 heavy (non-hydrogen) atoms. The summed E-state index contributed by atoms with van der Waals surface area (Å²) in [7, 11) is -2.04. The molecule has 1 aliphatic heterocycles. The summed E-state index contributed by atoms with van der Waals surface area (Å²) in [6.07, 6.45) is 4.09. The number of halogens is 2. The third-order valence-corrected chi connectivity index (χ3v) is 9.69. The predicted molar refractivity (Wildman–Crippen MR) is 140 cm³/mol. The second kappa shape index (κ2) is 9.97. The van der Waals surface area contributed by atoms with Crippen LogP contribution in [0.3, 0.4) is 0 Å². The van der Waals surface area contributed by atoms with E-state index in [1.807, 2.05) is 6.92 Å². The maximum atomic E-state index is 14.3. The van der Waals surface area contributed by atoms with E-state index >= 15 is 0 Å². The zero-order chi connectivity index (χ0) is 26.4. The Kier molecular flexibility index (Phi) is 7.45. The molecule has 2 aromatic rings. The summed E-state index contributed by atoms with van der Waals surface area (Å²) in [5, 5.41) is 11.3. The topological polar surface area (TPSA) is 95.0 Å². The minimum Gasteiger partial charge on any atom is -0.481 e. The molecule has 0 spiro atoms. The standard InChI is InChI=1S/C26H30Cl2N2O5S/c1-4-26(19-14-13-16(27)15-20(19)28)23(25(32)33)17-9-5-6-10-18(17)24(31)30(26)22-12-8-7-11-21(22)29(2)36(3,34)35/h5-6,9-10,13-15,21-23H,4,7-8,11-12H2,1-3H3,(H,32,33). The number of sulfonamides is 1. The number of amides is 1. The molecule has 1 heterocycles. The number of nitrogens with zero attached hydrogens (tertiary/aromatic N) is 2. The minimum atomic E-state index is -3.57. The van der Waals surface area contributed by atoms with Gasteiger partial charge in [-0.25, -0.2) is 12.7 Å². The van der Waals surface area contributed by atoms with Gasteiger partial charge < -0.3 is 10.0 Å². The smallest absolute Gasteiger partial charge is 0.313 e. The first-order valence-electron chi connectivity index (χ1n) is 12.0. The summed E-state index contributed by atoms with van der Waals surface area (Å²) in [4.78, 5) is 29.0. The van der Waals surface area contributed by atoms with Gasteiger partial charge >= 0.3 is 5.97 Å². The molecule has 1 aliphatic carbocycles. The highest BCUT2D eigenvalue weighted by atomic mass is 35.5. The van der Waals surface area contributed by atoms with Crippen molar-refractivity contribution in [2.24, 2.45) is 0 Å². The Morgan fingerprint density at radius 1 is 1.17 bits per heavy atom. The van der Waals surface area contributed by atoms with Gasteiger partial charge in [-0.2, -0.15) is 0 Å². The van der Waals surface area contributed by atoms with Gasteiger partial charge in [0.2, 0.25) is 10.0 Å². The van der Waals surface area contributed by atoms with Gasteiger partial charge in [-0.05, 0) is 48.6 Å². The van der Waals surface area contributed by atoms with Gasteiger partial charge in [-0.3, -0.25) is 9.59 Å². The predicted octanol–water partition coefficient (Wildman–Crippen LogP) is 5.13. The van der Waals surface area contributed by atoms with E-state index in [-0.39, 0.29) is 17.4 Å². The maximum absolute atomic E-state index is 14.3. The van der Waals surface area contributed by atoms with Crippen LogP contribution in [0.2, 0.25) is 10.0 Å². The summed E-state index contributed by atoms with van der Waals surface area (Å²) in [6, 6.07) is 10.6. The third kappa shape index (κ3) is 4.32. The van der Waals surface area contributed by atoms with Crippen molar-refractivity contribution in [2.45, 2.75) is 62.6 Å². The number of likely N-dealkylation sites (N-methyl/N-ethyl adjacent to an activating group) is 1. The van der Waals surface area contributed by atoms with Crippen molar-refractivity contribution in [1.29, 1.82) is 0 Å². The van der Waals surface area contributed by atoms with Gasteiger partial charge in [0.15, 0.2) is 0 Å². The molecule has 7 nitrogen and oxygen atoms in total. The molecule has 4 unspecified atom stereocenters. The number of carboxylic acid groups (broad SMARTS) is 1. The second-order valence-corrected chi connectivity index (χ2v) is 12.5. The van der Waals surface area contributed by atoms with E-state index in [0.717, 1.165) is 19.1 Å². The molecule has 10 heteroatoms. The number of hydrogen-bond donors (Lipinski definition) is 1. The SMILES string of the molecule is CCC1(c2ccc(Cl)cc2Cl)C(C(=O)O)c2ccccc2C(=O)N1C1CCCCC1N(C)S(C)(=O)=O. The highest BCUT2D eigenvalue weighted by Gasteiger charge is 2.59. The number of benzene rings is 2. The number of carbonyl (C=O) groups is 2. The van der Waals surface area contributed by atoms with Gasteiger partial charge in [0.05, 0.1) is 11.8 Å². The number of carboxylic acids is 1. The van der Waals surface area contributed by atoms with E-state index in [2.05, 4.69) is 0 Å². The fourth-order valence-corrected chi connectivity index (χ4v) is 7.50. The summed E-state index contributed by atoms with van der Waals surface area (Å²) in [5.74, 6) is -2.53. The van der Waals surface area contributed by atoms with Crippen LogP contribution in [0, 0.1) is 0 Å². The van der Waals surface area contributed by atoms with Gasteiger partial charge in [-0.15, -0.1) is 0 Å². The maximum Gasteiger partial charge on any atom is 0.313 e. The summed E-state index contributed by atoms with van der Waals surface area (Å²) in [5.41, 5.74) is -0.150. The number of carbonyl (C=O) groups excluding carboxylic acids is 1. The Hall–Kier alpha value is -2.13. The minimum absolute atomic E-state index is 0.247. The summed E-state index contributed by atoms with van der Waals surface area (Å²) < 4.78 is 26.5. The number of hydrogen-bond acceptors (Lipinski definition) is 4. The normalized spacial score (nSPS) is 26.7.